The fourth-order valence-electron chi connectivity index (χ4n) is 3.65. The molecule has 7 heteroatoms. The van der Waals surface area contributed by atoms with Gasteiger partial charge in [-0.3, -0.25) is 19.3 Å². The molecule has 2 heterocycles. The Bertz CT molecular complexity index is 1100. The Morgan fingerprint density at radius 2 is 1.74 bits per heavy atom. The van der Waals surface area contributed by atoms with Crippen molar-refractivity contribution in [3.05, 3.63) is 89.0 Å². The largest absolute Gasteiger partial charge is 0.352 e. The lowest BCUT2D eigenvalue weighted by Gasteiger charge is -2.13. The molecular formula is C24H24N4O3. The van der Waals surface area contributed by atoms with Crippen molar-refractivity contribution in [2.75, 3.05) is 6.54 Å². The van der Waals surface area contributed by atoms with E-state index >= 15 is 0 Å². The number of fused-ring (bicyclic) bond motifs is 1. The Morgan fingerprint density at radius 3 is 2.48 bits per heavy atom. The van der Waals surface area contributed by atoms with Crippen molar-refractivity contribution in [3.63, 3.8) is 0 Å². The fourth-order valence-corrected chi connectivity index (χ4v) is 3.65. The van der Waals surface area contributed by atoms with Gasteiger partial charge >= 0.3 is 0 Å². The maximum Gasteiger partial charge on any atom is 0.261 e. The Kier molecular flexibility index (Phi) is 5.93. The molecular weight excluding hydrogens is 392 g/mol. The fraction of sp³-hybridized carbons (Fsp3) is 0.250. The van der Waals surface area contributed by atoms with Gasteiger partial charge in [-0.05, 0) is 36.6 Å². The van der Waals surface area contributed by atoms with Gasteiger partial charge in [-0.2, -0.15) is 0 Å². The molecule has 1 N–H and O–H groups in total. The van der Waals surface area contributed by atoms with Crippen molar-refractivity contribution >= 4 is 17.7 Å². The van der Waals surface area contributed by atoms with Crippen LogP contribution in [0.1, 0.15) is 50.2 Å². The summed E-state index contributed by atoms with van der Waals surface area (Å²) in [5.74, 6) is -0.661. The minimum atomic E-state index is -0.281. The van der Waals surface area contributed by atoms with Gasteiger partial charge in [0.2, 0.25) is 5.91 Å². The zero-order chi connectivity index (χ0) is 21.8. The Morgan fingerprint density at radius 1 is 1.00 bits per heavy atom. The SMILES string of the molecule is Cc1ccc2c(c1)C(=O)N(CCCC(=O)NCc1ccc(Cn3ccnc3)cc1)C2=O. The van der Waals surface area contributed by atoms with Crippen LogP contribution in [-0.4, -0.2) is 38.7 Å². The van der Waals surface area contributed by atoms with E-state index in [-0.39, 0.29) is 30.7 Å². The van der Waals surface area contributed by atoms with E-state index in [2.05, 4.69) is 10.3 Å². The molecule has 0 aliphatic carbocycles. The van der Waals surface area contributed by atoms with E-state index in [4.69, 9.17) is 0 Å². The number of aromatic nitrogens is 2. The molecule has 158 valence electrons. The molecule has 0 atom stereocenters. The van der Waals surface area contributed by atoms with Gasteiger partial charge in [0.25, 0.3) is 11.8 Å². The first-order valence-electron chi connectivity index (χ1n) is 10.3. The molecule has 0 bridgehead atoms. The highest BCUT2D eigenvalue weighted by Crippen LogP contribution is 2.24. The Hall–Kier alpha value is -3.74. The van der Waals surface area contributed by atoms with Gasteiger partial charge in [-0.1, -0.05) is 35.9 Å². The third-order valence-electron chi connectivity index (χ3n) is 5.35. The molecule has 7 nitrogen and oxygen atoms in total. The maximum atomic E-state index is 12.5. The summed E-state index contributed by atoms with van der Waals surface area (Å²) in [5, 5.41) is 2.89. The third kappa shape index (κ3) is 4.71. The van der Waals surface area contributed by atoms with E-state index in [1.807, 2.05) is 48.0 Å². The highest BCUT2D eigenvalue weighted by Gasteiger charge is 2.34. The quantitative estimate of drug-likeness (QED) is 0.572. The lowest BCUT2D eigenvalue weighted by atomic mass is 10.1. The van der Waals surface area contributed by atoms with Crippen LogP contribution in [0.3, 0.4) is 0 Å². The maximum absolute atomic E-state index is 12.5. The molecule has 3 amide bonds. The van der Waals surface area contributed by atoms with E-state index in [1.54, 1.807) is 24.7 Å². The first kappa shape index (κ1) is 20.5. The molecule has 0 saturated heterocycles. The average molecular weight is 416 g/mol. The zero-order valence-electron chi connectivity index (χ0n) is 17.4. The van der Waals surface area contributed by atoms with Gasteiger partial charge in [0.05, 0.1) is 17.5 Å². The van der Waals surface area contributed by atoms with E-state index in [9.17, 15) is 14.4 Å². The molecule has 0 fully saturated rings. The zero-order valence-corrected chi connectivity index (χ0v) is 17.4. The lowest BCUT2D eigenvalue weighted by molar-refractivity contribution is -0.121. The van der Waals surface area contributed by atoms with Gasteiger partial charge in [0, 0.05) is 38.4 Å². The minimum Gasteiger partial charge on any atom is -0.352 e. The van der Waals surface area contributed by atoms with Crippen LogP contribution in [0.25, 0.3) is 0 Å². The summed E-state index contributed by atoms with van der Waals surface area (Å²) in [4.78, 5) is 42.4. The summed E-state index contributed by atoms with van der Waals surface area (Å²) in [5.41, 5.74) is 4.00. The number of benzene rings is 2. The van der Waals surface area contributed by atoms with Gasteiger partial charge in [-0.15, -0.1) is 0 Å². The van der Waals surface area contributed by atoms with E-state index in [0.29, 0.717) is 24.1 Å². The predicted octanol–water partition coefficient (Wildman–Crippen LogP) is 2.93. The average Bonchev–Trinajstić information content (AvgIpc) is 3.35. The summed E-state index contributed by atoms with van der Waals surface area (Å²) in [6.45, 7) is 3.32. The molecule has 0 spiro atoms. The number of carbonyl (C=O) groups excluding carboxylic acids is 3. The molecule has 0 saturated carbocycles. The minimum absolute atomic E-state index is 0.102. The smallest absolute Gasteiger partial charge is 0.261 e. The van der Waals surface area contributed by atoms with E-state index < -0.39 is 0 Å². The van der Waals surface area contributed by atoms with E-state index in [0.717, 1.165) is 23.2 Å². The molecule has 1 aliphatic heterocycles. The molecule has 2 aromatic carbocycles. The van der Waals surface area contributed by atoms with Gasteiger partial charge in [0.15, 0.2) is 0 Å². The number of hydrogen-bond acceptors (Lipinski definition) is 4. The number of nitrogens with zero attached hydrogens (tertiary/aromatic N) is 3. The summed E-state index contributed by atoms with van der Waals surface area (Å²) < 4.78 is 1.99. The molecule has 3 aromatic rings. The number of aryl methyl sites for hydroxylation is 1. The van der Waals surface area contributed by atoms with Crippen molar-refractivity contribution in [2.45, 2.75) is 32.9 Å². The normalized spacial score (nSPS) is 12.9. The van der Waals surface area contributed by atoms with E-state index in [1.165, 1.54) is 4.90 Å². The second-order valence-corrected chi connectivity index (χ2v) is 7.74. The second-order valence-electron chi connectivity index (χ2n) is 7.74. The van der Waals surface area contributed by atoms with Crippen LogP contribution in [0.2, 0.25) is 0 Å². The number of imide groups is 1. The van der Waals surface area contributed by atoms with Crippen LogP contribution in [-0.2, 0) is 17.9 Å². The van der Waals surface area contributed by atoms with Crippen LogP contribution in [0.4, 0.5) is 0 Å². The van der Waals surface area contributed by atoms with Gasteiger partial charge in [0.1, 0.15) is 0 Å². The number of imidazole rings is 1. The Labute approximate surface area is 180 Å². The standard InChI is InChI=1S/C24H24N4O3/c1-17-4-9-20-21(13-17)24(31)28(23(20)30)11-2-3-22(29)26-14-18-5-7-19(8-6-18)15-27-12-10-25-16-27/h4-10,12-13,16H,2-3,11,14-15H2,1H3,(H,26,29). The molecule has 1 aliphatic rings. The van der Waals surface area contributed by atoms with Crippen LogP contribution in [0.15, 0.2) is 61.2 Å². The topological polar surface area (TPSA) is 84.3 Å². The van der Waals surface area contributed by atoms with Crippen LogP contribution in [0, 0.1) is 6.92 Å². The summed E-state index contributed by atoms with van der Waals surface area (Å²) in [6.07, 6.45) is 6.12. The number of carbonyl (C=O) groups is 3. The molecule has 0 unspecified atom stereocenters. The van der Waals surface area contributed by atoms with Crippen LogP contribution in [0.5, 0.6) is 0 Å². The summed E-state index contributed by atoms with van der Waals surface area (Å²) >= 11 is 0. The summed E-state index contributed by atoms with van der Waals surface area (Å²) in [7, 11) is 0. The van der Waals surface area contributed by atoms with Crippen molar-refractivity contribution < 1.29 is 14.4 Å². The first-order chi connectivity index (χ1) is 15.0. The van der Waals surface area contributed by atoms with Crippen LogP contribution < -0.4 is 5.32 Å². The van der Waals surface area contributed by atoms with Gasteiger partial charge < -0.3 is 9.88 Å². The van der Waals surface area contributed by atoms with Crippen molar-refractivity contribution in [2.24, 2.45) is 0 Å². The second kappa shape index (κ2) is 8.95. The van der Waals surface area contributed by atoms with Gasteiger partial charge in [-0.25, -0.2) is 4.98 Å². The monoisotopic (exact) mass is 416 g/mol. The Balaban J connectivity index is 1.21. The number of hydrogen-bond donors (Lipinski definition) is 1. The van der Waals surface area contributed by atoms with Crippen molar-refractivity contribution in [1.82, 2.24) is 19.8 Å². The molecule has 4 rings (SSSR count). The number of rotatable bonds is 8. The molecule has 0 radical (unpaired) electrons. The third-order valence-corrected chi connectivity index (χ3v) is 5.35. The van der Waals surface area contributed by atoms with Crippen LogP contribution >= 0.6 is 0 Å². The van der Waals surface area contributed by atoms with Crippen molar-refractivity contribution in [3.8, 4) is 0 Å². The van der Waals surface area contributed by atoms with Crippen molar-refractivity contribution in [1.29, 1.82) is 0 Å². The first-order valence-corrected chi connectivity index (χ1v) is 10.3. The highest BCUT2D eigenvalue weighted by atomic mass is 16.2. The highest BCUT2D eigenvalue weighted by molar-refractivity contribution is 6.21. The number of amides is 3. The predicted molar refractivity (Wildman–Crippen MR) is 115 cm³/mol. The molecule has 1 aromatic heterocycles. The molecule has 31 heavy (non-hydrogen) atoms. The number of nitrogens with one attached hydrogen (secondary N) is 1. The summed E-state index contributed by atoms with van der Waals surface area (Å²) in [6, 6.07) is 13.3. The lowest BCUT2D eigenvalue weighted by Crippen LogP contribution is -2.32.